The Balaban J connectivity index is 2.04. The highest BCUT2D eigenvalue weighted by Crippen LogP contribution is 2.26. The van der Waals surface area contributed by atoms with Crippen molar-refractivity contribution in [3.63, 3.8) is 0 Å². The van der Waals surface area contributed by atoms with Crippen molar-refractivity contribution in [2.24, 2.45) is 0 Å². The molecule has 0 saturated heterocycles. The predicted octanol–water partition coefficient (Wildman–Crippen LogP) is 3.82. The fraction of sp³-hybridized carbons (Fsp3) is 0.133. The summed E-state index contributed by atoms with van der Waals surface area (Å²) in [6, 6.07) is 11.4. The van der Waals surface area contributed by atoms with Gasteiger partial charge >= 0.3 is 5.97 Å². The van der Waals surface area contributed by atoms with Crippen LogP contribution in [0.15, 0.2) is 47.4 Å². The number of halogens is 1. The van der Waals surface area contributed by atoms with Crippen LogP contribution in [0.25, 0.3) is 0 Å². The van der Waals surface area contributed by atoms with E-state index in [2.05, 4.69) is 0 Å². The molecule has 2 aromatic rings. The van der Waals surface area contributed by atoms with Crippen LogP contribution in [0.1, 0.15) is 15.9 Å². The van der Waals surface area contributed by atoms with Crippen molar-refractivity contribution >= 4 is 17.7 Å². The molecule has 20 heavy (non-hydrogen) atoms. The third-order valence-corrected chi connectivity index (χ3v) is 3.81. The Morgan fingerprint density at radius 2 is 1.95 bits per heavy atom. The highest BCUT2D eigenvalue weighted by atomic mass is 32.2. The molecule has 3 nitrogen and oxygen atoms in total. The van der Waals surface area contributed by atoms with Crippen LogP contribution in [0.3, 0.4) is 0 Å². The van der Waals surface area contributed by atoms with E-state index >= 15 is 0 Å². The van der Waals surface area contributed by atoms with Gasteiger partial charge in [-0.15, -0.1) is 11.8 Å². The van der Waals surface area contributed by atoms with Gasteiger partial charge in [-0.25, -0.2) is 9.18 Å². The molecule has 0 aliphatic carbocycles. The Morgan fingerprint density at radius 3 is 2.50 bits per heavy atom. The largest absolute Gasteiger partial charge is 0.497 e. The van der Waals surface area contributed by atoms with Crippen molar-refractivity contribution in [1.29, 1.82) is 0 Å². The molecule has 0 spiro atoms. The number of carboxylic acid groups (broad SMARTS) is 1. The molecule has 104 valence electrons. The molecule has 2 rings (SSSR count). The van der Waals surface area contributed by atoms with E-state index in [1.165, 1.54) is 23.9 Å². The summed E-state index contributed by atoms with van der Waals surface area (Å²) < 4.78 is 18.8. The Morgan fingerprint density at radius 1 is 1.25 bits per heavy atom. The molecule has 0 fully saturated rings. The van der Waals surface area contributed by atoms with Gasteiger partial charge in [0.15, 0.2) is 0 Å². The van der Waals surface area contributed by atoms with Gasteiger partial charge < -0.3 is 9.84 Å². The maximum absolute atomic E-state index is 13.7. The lowest BCUT2D eigenvalue weighted by molar-refractivity contribution is 0.0696. The highest BCUT2D eigenvalue weighted by Gasteiger charge is 2.08. The molecule has 0 aliphatic rings. The van der Waals surface area contributed by atoms with Crippen molar-refractivity contribution < 1.29 is 19.0 Å². The molecule has 0 bridgehead atoms. The summed E-state index contributed by atoms with van der Waals surface area (Å²) in [6.45, 7) is 0. The zero-order valence-electron chi connectivity index (χ0n) is 10.8. The second-order valence-electron chi connectivity index (χ2n) is 4.08. The van der Waals surface area contributed by atoms with E-state index in [1.807, 2.05) is 24.3 Å². The molecule has 0 aliphatic heterocycles. The number of carboxylic acids is 1. The number of methoxy groups -OCH3 is 1. The normalized spacial score (nSPS) is 10.3. The van der Waals surface area contributed by atoms with Crippen LogP contribution < -0.4 is 4.74 Å². The quantitative estimate of drug-likeness (QED) is 0.851. The molecule has 0 unspecified atom stereocenters. The molecule has 2 aromatic carbocycles. The maximum Gasteiger partial charge on any atom is 0.335 e. The average molecular weight is 292 g/mol. The Kier molecular flexibility index (Phi) is 4.63. The molecular weight excluding hydrogens is 279 g/mol. The van der Waals surface area contributed by atoms with Crippen LogP contribution >= 0.6 is 11.8 Å². The van der Waals surface area contributed by atoms with Crippen LogP contribution in [0, 0.1) is 5.82 Å². The summed E-state index contributed by atoms with van der Waals surface area (Å²) in [5.41, 5.74) is 0.441. The Labute approximate surface area is 120 Å². The molecule has 0 heterocycles. The van der Waals surface area contributed by atoms with E-state index in [-0.39, 0.29) is 5.56 Å². The second kappa shape index (κ2) is 6.43. The van der Waals surface area contributed by atoms with Crippen LogP contribution in [0.4, 0.5) is 4.39 Å². The van der Waals surface area contributed by atoms with Crippen molar-refractivity contribution in [2.75, 3.05) is 7.11 Å². The van der Waals surface area contributed by atoms with Gasteiger partial charge in [0.05, 0.1) is 12.7 Å². The van der Waals surface area contributed by atoms with Crippen LogP contribution in [-0.4, -0.2) is 18.2 Å². The van der Waals surface area contributed by atoms with Gasteiger partial charge in [0.2, 0.25) is 0 Å². The van der Waals surface area contributed by atoms with Crippen molar-refractivity contribution in [2.45, 2.75) is 10.6 Å². The first kappa shape index (κ1) is 14.4. The molecule has 0 atom stereocenters. The monoisotopic (exact) mass is 292 g/mol. The first-order valence-electron chi connectivity index (χ1n) is 5.88. The molecule has 0 amide bonds. The minimum Gasteiger partial charge on any atom is -0.497 e. The van der Waals surface area contributed by atoms with E-state index in [4.69, 9.17) is 9.84 Å². The van der Waals surface area contributed by atoms with E-state index < -0.39 is 11.8 Å². The van der Waals surface area contributed by atoms with Gasteiger partial charge in [-0.2, -0.15) is 0 Å². The van der Waals surface area contributed by atoms with Gasteiger partial charge in [0, 0.05) is 10.6 Å². The summed E-state index contributed by atoms with van der Waals surface area (Å²) in [5.74, 6) is -0.409. The average Bonchev–Trinajstić information content (AvgIpc) is 2.46. The molecule has 5 heteroatoms. The fourth-order valence-corrected chi connectivity index (χ4v) is 2.52. The van der Waals surface area contributed by atoms with Crippen LogP contribution in [0.2, 0.25) is 0 Å². The van der Waals surface area contributed by atoms with Crippen LogP contribution in [0.5, 0.6) is 5.75 Å². The Bertz CT molecular complexity index is 611. The Hall–Kier alpha value is -2.01. The minimum atomic E-state index is -1.13. The topological polar surface area (TPSA) is 46.5 Å². The molecule has 0 aromatic heterocycles. The standard InChI is InChI=1S/C15H13FO3S/c1-19-12-4-6-13(7-5-12)20-9-11-3-2-10(15(17)18)8-14(11)16/h2-8H,9H2,1H3,(H,17,18). The third-order valence-electron chi connectivity index (χ3n) is 2.75. The maximum atomic E-state index is 13.7. The number of rotatable bonds is 5. The van der Waals surface area contributed by atoms with Gasteiger partial charge in [-0.1, -0.05) is 6.07 Å². The van der Waals surface area contributed by atoms with Crippen LogP contribution in [-0.2, 0) is 5.75 Å². The summed E-state index contributed by atoms with van der Waals surface area (Å²) in [7, 11) is 1.60. The number of hydrogen-bond donors (Lipinski definition) is 1. The smallest absolute Gasteiger partial charge is 0.335 e. The predicted molar refractivity (Wildman–Crippen MR) is 75.9 cm³/mol. The molecule has 0 saturated carbocycles. The minimum absolute atomic E-state index is 0.0410. The first-order valence-corrected chi connectivity index (χ1v) is 6.87. The first-order chi connectivity index (χ1) is 9.60. The number of ether oxygens (including phenoxy) is 1. The van der Waals surface area contributed by atoms with E-state index in [9.17, 15) is 9.18 Å². The van der Waals surface area contributed by atoms with Gasteiger partial charge in [0.1, 0.15) is 11.6 Å². The van der Waals surface area contributed by atoms with E-state index in [0.717, 1.165) is 16.7 Å². The van der Waals surface area contributed by atoms with Gasteiger partial charge in [-0.05, 0) is 42.0 Å². The zero-order valence-corrected chi connectivity index (χ0v) is 11.6. The van der Waals surface area contributed by atoms with Gasteiger partial charge in [-0.3, -0.25) is 0 Å². The number of thioether (sulfide) groups is 1. The third kappa shape index (κ3) is 3.51. The number of benzene rings is 2. The second-order valence-corrected chi connectivity index (χ2v) is 5.12. The lowest BCUT2D eigenvalue weighted by Crippen LogP contribution is -1.98. The van der Waals surface area contributed by atoms with Crippen molar-refractivity contribution in [1.82, 2.24) is 0 Å². The lowest BCUT2D eigenvalue weighted by Gasteiger charge is -2.05. The number of carbonyl (C=O) groups is 1. The summed E-state index contributed by atoms with van der Waals surface area (Å²) in [5, 5.41) is 8.77. The SMILES string of the molecule is COc1ccc(SCc2ccc(C(=O)O)cc2F)cc1. The number of aromatic carboxylic acids is 1. The number of hydrogen-bond acceptors (Lipinski definition) is 3. The fourth-order valence-electron chi connectivity index (χ4n) is 1.63. The van der Waals surface area contributed by atoms with Crippen molar-refractivity contribution in [3.05, 3.63) is 59.4 Å². The zero-order chi connectivity index (χ0) is 14.5. The molecular formula is C15H13FO3S. The highest BCUT2D eigenvalue weighted by molar-refractivity contribution is 7.98. The summed E-state index contributed by atoms with van der Waals surface area (Å²) in [4.78, 5) is 11.7. The lowest BCUT2D eigenvalue weighted by atomic mass is 10.1. The molecule has 0 radical (unpaired) electrons. The van der Waals surface area contributed by atoms with Crippen molar-refractivity contribution in [3.8, 4) is 5.75 Å². The van der Waals surface area contributed by atoms with E-state index in [1.54, 1.807) is 7.11 Å². The van der Waals surface area contributed by atoms with E-state index in [0.29, 0.717) is 11.3 Å². The summed E-state index contributed by atoms with van der Waals surface area (Å²) in [6.07, 6.45) is 0. The van der Waals surface area contributed by atoms with Gasteiger partial charge in [0.25, 0.3) is 0 Å². The summed E-state index contributed by atoms with van der Waals surface area (Å²) >= 11 is 1.48. The molecule has 1 N–H and O–H groups in total.